The zero-order valence-corrected chi connectivity index (χ0v) is 14.2. The van der Waals surface area contributed by atoms with Crippen LogP contribution in [0.25, 0.3) is 0 Å². The van der Waals surface area contributed by atoms with Gasteiger partial charge < -0.3 is 9.67 Å². The molecule has 0 spiro atoms. The number of carbonyl (C=O) groups excluding carboxylic acids is 2. The van der Waals surface area contributed by atoms with Crippen LogP contribution in [0.5, 0.6) is 0 Å². The summed E-state index contributed by atoms with van der Waals surface area (Å²) in [6.45, 7) is 0. The first-order valence-corrected chi connectivity index (χ1v) is 8.08. The minimum absolute atomic E-state index is 0.104. The van der Waals surface area contributed by atoms with Crippen molar-refractivity contribution in [3.05, 3.63) is 94.8 Å². The van der Waals surface area contributed by atoms with Crippen LogP contribution in [0.3, 0.4) is 0 Å². The van der Waals surface area contributed by atoms with Gasteiger partial charge in [0.1, 0.15) is 0 Å². The van der Waals surface area contributed by atoms with E-state index in [1.54, 1.807) is 72.3 Å². The highest BCUT2D eigenvalue weighted by molar-refractivity contribution is 6.11. The van der Waals surface area contributed by atoms with Crippen LogP contribution in [-0.2, 0) is 18.3 Å². The molecule has 0 bridgehead atoms. The van der Waals surface area contributed by atoms with Gasteiger partial charge in [-0.25, -0.2) is 0 Å². The van der Waals surface area contributed by atoms with Gasteiger partial charge in [0.2, 0.25) is 5.78 Å². The van der Waals surface area contributed by atoms with Crippen molar-refractivity contribution in [3.63, 3.8) is 0 Å². The second-order valence-corrected chi connectivity index (χ2v) is 5.94. The maximum absolute atomic E-state index is 12.7. The lowest BCUT2D eigenvalue weighted by Crippen LogP contribution is -2.11. The number of aliphatic carboxylic acids is 1. The van der Waals surface area contributed by atoms with E-state index in [1.165, 1.54) is 0 Å². The summed E-state index contributed by atoms with van der Waals surface area (Å²) in [7, 11) is 1.67. The van der Waals surface area contributed by atoms with Gasteiger partial charge in [0.15, 0.2) is 5.78 Å². The summed E-state index contributed by atoms with van der Waals surface area (Å²) >= 11 is 0. The van der Waals surface area contributed by atoms with Crippen LogP contribution in [0.2, 0.25) is 0 Å². The lowest BCUT2D eigenvalue weighted by Gasteiger charge is -2.07. The summed E-state index contributed by atoms with van der Waals surface area (Å²) in [5.74, 6) is -1.27. The quantitative estimate of drug-likeness (QED) is 0.695. The molecule has 1 aromatic heterocycles. The fourth-order valence-electron chi connectivity index (χ4n) is 2.79. The first-order chi connectivity index (χ1) is 12.5. The average Bonchev–Trinajstić information content (AvgIpc) is 3.01. The molecule has 0 saturated carbocycles. The number of hydrogen-bond donors (Lipinski definition) is 1. The number of ketones is 2. The molecule has 3 aromatic rings. The fraction of sp³-hybridized carbons (Fsp3) is 0.0952. The van der Waals surface area contributed by atoms with E-state index >= 15 is 0 Å². The molecular weight excluding hydrogens is 330 g/mol. The molecule has 1 N–H and O–H groups in total. The smallest absolute Gasteiger partial charge is 0.309 e. The lowest BCUT2D eigenvalue weighted by atomic mass is 10.0. The van der Waals surface area contributed by atoms with Gasteiger partial charge in [0, 0.05) is 29.4 Å². The van der Waals surface area contributed by atoms with Crippen LogP contribution in [-0.4, -0.2) is 27.2 Å². The molecule has 0 atom stereocenters. The Morgan fingerprint density at radius 1 is 0.769 bits per heavy atom. The third kappa shape index (κ3) is 3.47. The third-order valence-electron chi connectivity index (χ3n) is 4.24. The Balaban J connectivity index is 1.83. The van der Waals surface area contributed by atoms with Crippen molar-refractivity contribution in [1.29, 1.82) is 0 Å². The number of carboxylic acids is 1. The predicted octanol–water partition coefficient (Wildman–Crippen LogP) is 3.11. The molecule has 5 nitrogen and oxygen atoms in total. The molecule has 5 heteroatoms. The van der Waals surface area contributed by atoms with Gasteiger partial charge in [-0.3, -0.25) is 14.4 Å². The number of rotatable bonds is 6. The SMILES string of the molecule is Cn1c(CC(=O)O)ccc1C(=O)c1ccc(C(=O)c2ccccc2)cc1. The first kappa shape index (κ1) is 17.4. The summed E-state index contributed by atoms with van der Waals surface area (Å²) in [4.78, 5) is 35.9. The Labute approximate surface area is 150 Å². The molecule has 0 radical (unpaired) electrons. The van der Waals surface area contributed by atoms with E-state index in [0.717, 1.165) is 0 Å². The largest absolute Gasteiger partial charge is 0.481 e. The maximum atomic E-state index is 12.7. The van der Waals surface area contributed by atoms with Gasteiger partial charge in [-0.1, -0.05) is 54.6 Å². The number of aromatic nitrogens is 1. The summed E-state index contributed by atoms with van der Waals surface area (Å²) < 4.78 is 1.58. The van der Waals surface area contributed by atoms with Crippen LogP contribution in [0, 0.1) is 0 Å². The first-order valence-electron chi connectivity index (χ1n) is 8.08. The topological polar surface area (TPSA) is 76.4 Å². The molecule has 0 aliphatic heterocycles. The van der Waals surface area contributed by atoms with Gasteiger partial charge in [-0.15, -0.1) is 0 Å². The van der Waals surface area contributed by atoms with E-state index in [9.17, 15) is 14.4 Å². The Morgan fingerprint density at radius 2 is 1.31 bits per heavy atom. The van der Waals surface area contributed by atoms with E-state index in [4.69, 9.17) is 5.11 Å². The van der Waals surface area contributed by atoms with Gasteiger partial charge in [-0.2, -0.15) is 0 Å². The fourth-order valence-corrected chi connectivity index (χ4v) is 2.79. The third-order valence-corrected chi connectivity index (χ3v) is 4.24. The highest BCUT2D eigenvalue weighted by atomic mass is 16.4. The highest BCUT2D eigenvalue weighted by Crippen LogP contribution is 2.16. The van der Waals surface area contributed by atoms with E-state index in [-0.39, 0.29) is 18.0 Å². The van der Waals surface area contributed by atoms with E-state index in [0.29, 0.717) is 28.1 Å². The van der Waals surface area contributed by atoms with Crippen molar-refractivity contribution in [3.8, 4) is 0 Å². The van der Waals surface area contributed by atoms with E-state index < -0.39 is 5.97 Å². The van der Waals surface area contributed by atoms with Gasteiger partial charge in [0.05, 0.1) is 12.1 Å². The summed E-state index contributed by atoms with van der Waals surface area (Å²) in [6, 6.07) is 18.7. The second-order valence-electron chi connectivity index (χ2n) is 5.94. The van der Waals surface area contributed by atoms with Gasteiger partial charge >= 0.3 is 5.97 Å². The molecule has 0 amide bonds. The van der Waals surface area contributed by atoms with Crippen LogP contribution in [0.1, 0.15) is 37.7 Å². The second kappa shape index (κ2) is 7.19. The Kier molecular flexibility index (Phi) is 4.80. The lowest BCUT2D eigenvalue weighted by molar-refractivity contribution is -0.136. The number of nitrogens with zero attached hydrogens (tertiary/aromatic N) is 1. The molecule has 0 aliphatic rings. The van der Waals surface area contributed by atoms with Crippen LogP contribution in [0.4, 0.5) is 0 Å². The molecule has 130 valence electrons. The highest BCUT2D eigenvalue weighted by Gasteiger charge is 2.17. The summed E-state index contributed by atoms with van der Waals surface area (Å²) in [6.07, 6.45) is -0.145. The molecule has 26 heavy (non-hydrogen) atoms. The number of benzene rings is 2. The van der Waals surface area contributed by atoms with Crippen molar-refractivity contribution >= 4 is 17.5 Å². The van der Waals surface area contributed by atoms with Crippen LogP contribution < -0.4 is 0 Å². The molecule has 0 saturated heterocycles. The van der Waals surface area contributed by atoms with Gasteiger partial charge in [-0.05, 0) is 12.1 Å². The number of carboxylic acid groups (broad SMARTS) is 1. The molecule has 3 rings (SSSR count). The van der Waals surface area contributed by atoms with Crippen molar-refractivity contribution in [2.45, 2.75) is 6.42 Å². The zero-order valence-electron chi connectivity index (χ0n) is 14.2. The van der Waals surface area contributed by atoms with Crippen molar-refractivity contribution in [2.24, 2.45) is 7.05 Å². The standard InChI is InChI=1S/C21H17NO4/c1-22-17(13-19(23)24)11-12-18(22)21(26)16-9-7-15(8-10-16)20(25)14-5-3-2-4-6-14/h2-12H,13H2,1H3,(H,23,24). The summed E-state index contributed by atoms with van der Waals surface area (Å²) in [5, 5.41) is 8.90. The molecule has 2 aromatic carbocycles. The molecule has 0 fully saturated rings. The van der Waals surface area contributed by atoms with Crippen molar-refractivity contribution < 1.29 is 19.5 Å². The molecule has 0 unspecified atom stereocenters. The minimum Gasteiger partial charge on any atom is -0.481 e. The normalized spacial score (nSPS) is 10.5. The minimum atomic E-state index is -0.950. The molecule has 1 heterocycles. The average molecular weight is 347 g/mol. The zero-order chi connectivity index (χ0) is 18.7. The summed E-state index contributed by atoms with van der Waals surface area (Å²) in [5.41, 5.74) is 2.50. The van der Waals surface area contributed by atoms with E-state index in [1.807, 2.05) is 6.07 Å². The monoisotopic (exact) mass is 347 g/mol. The maximum Gasteiger partial charge on any atom is 0.309 e. The Morgan fingerprint density at radius 3 is 1.88 bits per heavy atom. The Hall–Kier alpha value is -3.47. The van der Waals surface area contributed by atoms with E-state index in [2.05, 4.69) is 0 Å². The number of carbonyl (C=O) groups is 3. The number of hydrogen-bond acceptors (Lipinski definition) is 3. The molecule has 0 aliphatic carbocycles. The van der Waals surface area contributed by atoms with Crippen molar-refractivity contribution in [2.75, 3.05) is 0 Å². The Bertz CT molecular complexity index is 969. The predicted molar refractivity (Wildman–Crippen MR) is 96.5 cm³/mol. The van der Waals surface area contributed by atoms with Gasteiger partial charge in [0.25, 0.3) is 0 Å². The van der Waals surface area contributed by atoms with Crippen LogP contribution in [0.15, 0.2) is 66.7 Å². The van der Waals surface area contributed by atoms with Crippen LogP contribution >= 0.6 is 0 Å². The molecular formula is C21H17NO4. The van der Waals surface area contributed by atoms with Crippen molar-refractivity contribution in [1.82, 2.24) is 4.57 Å².